The van der Waals surface area contributed by atoms with Gasteiger partial charge < -0.3 is 9.88 Å². The molecule has 0 saturated heterocycles. The molecule has 94 valence electrons. The van der Waals surface area contributed by atoms with Crippen molar-refractivity contribution in [3.8, 4) is 0 Å². The summed E-state index contributed by atoms with van der Waals surface area (Å²) in [5.74, 6) is 0.737. The summed E-state index contributed by atoms with van der Waals surface area (Å²) in [6.45, 7) is 2.81. The molecule has 0 amide bonds. The van der Waals surface area contributed by atoms with Crippen molar-refractivity contribution in [1.29, 1.82) is 0 Å². The van der Waals surface area contributed by atoms with Gasteiger partial charge in [-0.2, -0.15) is 0 Å². The largest absolute Gasteiger partial charge is 0.365 e. The van der Waals surface area contributed by atoms with Gasteiger partial charge in [0.15, 0.2) is 5.82 Å². The van der Waals surface area contributed by atoms with Crippen molar-refractivity contribution < 1.29 is 0 Å². The van der Waals surface area contributed by atoms with Crippen LogP contribution in [0.5, 0.6) is 0 Å². The van der Waals surface area contributed by atoms with E-state index in [0.29, 0.717) is 18.3 Å². The average molecular weight is 243 g/mol. The second-order valence-electron chi connectivity index (χ2n) is 4.38. The Labute approximate surface area is 106 Å². The first kappa shape index (κ1) is 12.4. The monoisotopic (exact) mass is 243 g/mol. The molecule has 18 heavy (non-hydrogen) atoms. The van der Waals surface area contributed by atoms with Crippen molar-refractivity contribution in [3.63, 3.8) is 0 Å². The Bertz CT molecular complexity index is 563. The number of hydrogen-bond donors (Lipinski definition) is 1. The summed E-state index contributed by atoms with van der Waals surface area (Å²) in [6, 6.07) is 10.2. The molecule has 1 unspecified atom stereocenters. The number of hydrogen-bond acceptors (Lipinski definition) is 3. The second kappa shape index (κ2) is 5.49. The van der Waals surface area contributed by atoms with Crippen molar-refractivity contribution in [2.75, 3.05) is 11.9 Å². The maximum Gasteiger partial charge on any atom is 0.293 e. The van der Waals surface area contributed by atoms with Crippen LogP contribution in [0.15, 0.2) is 47.5 Å². The normalized spacial score (nSPS) is 12.1. The minimum Gasteiger partial charge on any atom is -0.365 e. The third-order valence-corrected chi connectivity index (χ3v) is 2.96. The van der Waals surface area contributed by atoms with E-state index in [1.165, 1.54) is 10.1 Å². The summed E-state index contributed by atoms with van der Waals surface area (Å²) in [7, 11) is 1.72. The number of anilines is 1. The third-order valence-electron chi connectivity index (χ3n) is 2.96. The van der Waals surface area contributed by atoms with Crippen molar-refractivity contribution in [3.05, 3.63) is 58.6 Å². The fourth-order valence-electron chi connectivity index (χ4n) is 1.77. The zero-order chi connectivity index (χ0) is 13.0. The maximum absolute atomic E-state index is 11.8. The van der Waals surface area contributed by atoms with Gasteiger partial charge in [-0.25, -0.2) is 4.98 Å². The lowest BCUT2D eigenvalue weighted by atomic mass is 10.0. The number of nitrogens with zero attached hydrogens (tertiary/aromatic N) is 2. The fraction of sp³-hybridized carbons (Fsp3) is 0.286. The van der Waals surface area contributed by atoms with E-state index in [9.17, 15) is 4.79 Å². The van der Waals surface area contributed by atoms with E-state index in [-0.39, 0.29) is 5.56 Å². The van der Waals surface area contributed by atoms with Gasteiger partial charge in [-0.15, -0.1) is 0 Å². The molecule has 0 aliphatic rings. The molecule has 1 aromatic heterocycles. The Morgan fingerprint density at radius 2 is 2.06 bits per heavy atom. The Morgan fingerprint density at radius 3 is 2.78 bits per heavy atom. The molecule has 0 bridgehead atoms. The van der Waals surface area contributed by atoms with E-state index in [4.69, 9.17) is 0 Å². The van der Waals surface area contributed by atoms with Crippen LogP contribution >= 0.6 is 0 Å². The molecule has 0 fully saturated rings. The van der Waals surface area contributed by atoms with Gasteiger partial charge in [-0.3, -0.25) is 4.79 Å². The van der Waals surface area contributed by atoms with Gasteiger partial charge in [0.25, 0.3) is 5.56 Å². The highest BCUT2D eigenvalue weighted by molar-refractivity contribution is 5.32. The molecular formula is C14H17N3O. The van der Waals surface area contributed by atoms with Crippen molar-refractivity contribution in [2.24, 2.45) is 7.05 Å². The van der Waals surface area contributed by atoms with Crippen LogP contribution < -0.4 is 10.9 Å². The molecule has 1 atom stereocenters. The fourth-order valence-corrected chi connectivity index (χ4v) is 1.77. The highest BCUT2D eigenvalue weighted by Crippen LogP contribution is 2.14. The van der Waals surface area contributed by atoms with Crippen LogP contribution in [0.25, 0.3) is 0 Å². The molecule has 1 N–H and O–H groups in total. The van der Waals surface area contributed by atoms with E-state index in [1.54, 1.807) is 19.4 Å². The van der Waals surface area contributed by atoms with Crippen LogP contribution in [-0.2, 0) is 7.05 Å². The average Bonchev–Trinajstić information content (AvgIpc) is 2.41. The van der Waals surface area contributed by atoms with Gasteiger partial charge in [-0.05, 0) is 11.5 Å². The molecule has 4 nitrogen and oxygen atoms in total. The number of rotatable bonds is 4. The summed E-state index contributed by atoms with van der Waals surface area (Å²) in [5.41, 5.74) is 1.15. The summed E-state index contributed by atoms with van der Waals surface area (Å²) >= 11 is 0. The highest BCUT2D eigenvalue weighted by atomic mass is 16.1. The molecule has 1 aromatic carbocycles. The van der Waals surface area contributed by atoms with E-state index in [1.807, 2.05) is 18.2 Å². The highest BCUT2D eigenvalue weighted by Gasteiger charge is 2.07. The molecule has 0 radical (unpaired) electrons. The Kier molecular flexibility index (Phi) is 3.77. The first-order chi connectivity index (χ1) is 8.68. The lowest BCUT2D eigenvalue weighted by Gasteiger charge is -2.13. The van der Waals surface area contributed by atoms with Crippen LogP contribution in [-0.4, -0.2) is 16.1 Å². The molecular weight excluding hydrogens is 226 g/mol. The zero-order valence-corrected chi connectivity index (χ0v) is 10.6. The van der Waals surface area contributed by atoms with Gasteiger partial charge in [0.1, 0.15) is 0 Å². The first-order valence-corrected chi connectivity index (χ1v) is 5.99. The molecule has 0 aliphatic heterocycles. The number of nitrogens with one attached hydrogen (secondary N) is 1. The minimum atomic E-state index is -0.0993. The summed E-state index contributed by atoms with van der Waals surface area (Å²) in [6.07, 6.45) is 3.27. The maximum atomic E-state index is 11.8. The van der Waals surface area contributed by atoms with Gasteiger partial charge in [-0.1, -0.05) is 37.3 Å². The predicted molar refractivity (Wildman–Crippen MR) is 72.8 cm³/mol. The van der Waals surface area contributed by atoms with Crippen LogP contribution in [0.4, 0.5) is 5.82 Å². The van der Waals surface area contributed by atoms with E-state index < -0.39 is 0 Å². The summed E-state index contributed by atoms with van der Waals surface area (Å²) in [4.78, 5) is 15.8. The Hall–Kier alpha value is -2.10. The smallest absolute Gasteiger partial charge is 0.293 e. The standard InChI is InChI=1S/C14H17N3O/c1-11(12-6-4-3-5-7-12)10-16-13-14(18)17(2)9-8-15-13/h3-9,11H,10H2,1-2H3,(H,15,16). The van der Waals surface area contributed by atoms with E-state index in [0.717, 1.165) is 0 Å². The van der Waals surface area contributed by atoms with Crippen molar-refractivity contribution in [2.45, 2.75) is 12.8 Å². The van der Waals surface area contributed by atoms with Gasteiger partial charge in [0.05, 0.1) is 0 Å². The second-order valence-corrected chi connectivity index (χ2v) is 4.38. The quantitative estimate of drug-likeness (QED) is 0.893. The molecule has 0 spiro atoms. The van der Waals surface area contributed by atoms with E-state index in [2.05, 4.69) is 29.4 Å². The minimum absolute atomic E-state index is 0.0993. The van der Waals surface area contributed by atoms with Gasteiger partial charge in [0.2, 0.25) is 0 Å². The summed E-state index contributed by atoms with van der Waals surface area (Å²) in [5, 5.41) is 3.11. The van der Waals surface area contributed by atoms with Crippen LogP contribution in [0.2, 0.25) is 0 Å². The van der Waals surface area contributed by atoms with Crippen molar-refractivity contribution >= 4 is 5.82 Å². The zero-order valence-electron chi connectivity index (χ0n) is 10.6. The Balaban J connectivity index is 2.04. The summed E-state index contributed by atoms with van der Waals surface area (Å²) < 4.78 is 1.52. The number of aryl methyl sites for hydroxylation is 1. The van der Waals surface area contributed by atoms with E-state index >= 15 is 0 Å². The number of benzene rings is 1. The molecule has 2 rings (SSSR count). The third kappa shape index (κ3) is 2.77. The number of aromatic nitrogens is 2. The lowest BCUT2D eigenvalue weighted by Crippen LogP contribution is -2.23. The lowest BCUT2D eigenvalue weighted by molar-refractivity contribution is 0.787. The molecule has 0 saturated carbocycles. The van der Waals surface area contributed by atoms with Crippen molar-refractivity contribution in [1.82, 2.24) is 9.55 Å². The van der Waals surface area contributed by atoms with Gasteiger partial charge >= 0.3 is 0 Å². The molecule has 2 aromatic rings. The molecule has 4 heteroatoms. The Morgan fingerprint density at radius 1 is 1.33 bits per heavy atom. The van der Waals surface area contributed by atoms with Crippen LogP contribution in [0.1, 0.15) is 18.4 Å². The predicted octanol–water partition coefficient (Wildman–Crippen LogP) is 2.00. The van der Waals surface area contributed by atoms with Crippen LogP contribution in [0, 0.1) is 0 Å². The van der Waals surface area contributed by atoms with Gasteiger partial charge in [0, 0.05) is 26.0 Å². The van der Waals surface area contributed by atoms with Crippen LogP contribution in [0.3, 0.4) is 0 Å². The topological polar surface area (TPSA) is 46.9 Å². The molecule has 1 heterocycles. The first-order valence-electron chi connectivity index (χ1n) is 5.99. The SMILES string of the molecule is CC(CNc1nccn(C)c1=O)c1ccccc1. The molecule has 0 aliphatic carbocycles.